The van der Waals surface area contributed by atoms with Crippen LogP contribution in [-0.2, 0) is 6.61 Å². The van der Waals surface area contributed by atoms with Gasteiger partial charge in [-0.3, -0.25) is 4.79 Å². The van der Waals surface area contributed by atoms with E-state index in [1.807, 2.05) is 60.7 Å². The molecule has 1 amide bonds. The number of amides is 1. The van der Waals surface area contributed by atoms with Crippen LogP contribution in [0.3, 0.4) is 0 Å². The van der Waals surface area contributed by atoms with Gasteiger partial charge in [0.25, 0.3) is 5.91 Å². The minimum atomic E-state index is -0.257. The molecule has 0 bridgehead atoms. The minimum absolute atomic E-state index is 0.0685. The standard InChI is InChI=1S/C25H20N2O2/c28-25-22-7-3-4-8-23(22)26-24(27-25)19-11-13-21(14-12-19)29-16-17-9-10-18-5-1-2-6-20(18)15-17/h1-15,24,26H,16H2,(H,27,28)/t24-/m0/s1. The molecule has 4 heteroatoms. The third-order valence-electron chi connectivity index (χ3n) is 5.18. The van der Waals surface area contributed by atoms with Gasteiger partial charge in [-0.25, -0.2) is 0 Å². The highest BCUT2D eigenvalue weighted by molar-refractivity contribution is 6.01. The average molecular weight is 380 g/mol. The van der Waals surface area contributed by atoms with Gasteiger partial charge in [0.1, 0.15) is 18.5 Å². The second kappa shape index (κ2) is 7.32. The van der Waals surface area contributed by atoms with Crippen LogP contribution >= 0.6 is 0 Å². The minimum Gasteiger partial charge on any atom is -0.489 e. The van der Waals surface area contributed by atoms with Gasteiger partial charge in [0.05, 0.1) is 5.56 Å². The number of hydrogen-bond acceptors (Lipinski definition) is 3. The second-order valence-electron chi connectivity index (χ2n) is 7.14. The van der Waals surface area contributed by atoms with Crippen LogP contribution in [-0.4, -0.2) is 5.91 Å². The van der Waals surface area contributed by atoms with E-state index in [0.29, 0.717) is 12.2 Å². The van der Waals surface area contributed by atoms with Crippen LogP contribution in [0.15, 0.2) is 91.0 Å². The van der Waals surface area contributed by atoms with Gasteiger partial charge >= 0.3 is 0 Å². The van der Waals surface area contributed by atoms with Crippen LogP contribution in [0, 0.1) is 0 Å². The Morgan fingerprint density at radius 1 is 0.759 bits per heavy atom. The first-order valence-corrected chi connectivity index (χ1v) is 9.63. The first-order valence-electron chi connectivity index (χ1n) is 9.63. The second-order valence-corrected chi connectivity index (χ2v) is 7.14. The summed E-state index contributed by atoms with van der Waals surface area (Å²) in [5, 5.41) is 8.80. The first kappa shape index (κ1) is 17.3. The molecule has 4 aromatic rings. The van der Waals surface area contributed by atoms with E-state index < -0.39 is 0 Å². The zero-order valence-corrected chi connectivity index (χ0v) is 15.8. The van der Waals surface area contributed by atoms with Gasteiger partial charge in [-0.2, -0.15) is 0 Å². The summed E-state index contributed by atoms with van der Waals surface area (Å²) in [6.45, 7) is 0.510. The summed E-state index contributed by atoms with van der Waals surface area (Å²) < 4.78 is 5.95. The van der Waals surface area contributed by atoms with Crippen molar-refractivity contribution >= 4 is 22.4 Å². The van der Waals surface area contributed by atoms with Crippen LogP contribution in [0.25, 0.3) is 10.8 Å². The quantitative estimate of drug-likeness (QED) is 0.507. The largest absolute Gasteiger partial charge is 0.489 e. The summed E-state index contributed by atoms with van der Waals surface area (Å²) >= 11 is 0. The summed E-state index contributed by atoms with van der Waals surface area (Å²) in [6, 6.07) is 30.0. The van der Waals surface area contributed by atoms with Crippen LogP contribution in [0.1, 0.15) is 27.7 Å². The summed E-state index contributed by atoms with van der Waals surface area (Å²) in [7, 11) is 0. The number of rotatable bonds is 4. The molecular formula is C25H20N2O2. The summed E-state index contributed by atoms with van der Waals surface area (Å²) in [5.41, 5.74) is 3.62. The normalized spacial score (nSPS) is 15.3. The van der Waals surface area contributed by atoms with E-state index in [2.05, 4.69) is 41.0 Å². The molecule has 0 aliphatic carbocycles. The van der Waals surface area contributed by atoms with Crippen molar-refractivity contribution in [1.29, 1.82) is 0 Å². The highest BCUT2D eigenvalue weighted by Crippen LogP contribution is 2.27. The molecule has 1 aliphatic heterocycles. The molecule has 0 saturated heterocycles. The molecule has 142 valence electrons. The zero-order chi connectivity index (χ0) is 19.6. The molecule has 0 aromatic heterocycles. The Kier molecular flexibility index (Phi) is 4.37. The summed E-state index contributed by atoms with van der Waals surface area (Å²) in [4.78, 5) is 12.3. The molecule has 4 nitrogen and oxygen atoms in total. The molecule has 4 aromatic carbocycles. The molecule has 1 aliphatic rings. The fourth-order valence-corrected chi connectivity index (χ4v) is 3.63. The van der Waals surface area contributed by atoms with E-state index >= 15 is 0 Å². The lowest BCUT2D eigenvalue weighted by Gasteiger charge is -2.28. The van der Waals surface area contributed by atoms with Gasteiger partial charge in [0.15, 0.2) is 0 Å². The van der Waals surface area contributed by atoms with Crippen molar-refractivity contribution in [2.45, 2.75) is 12.8 Å². The lowest BCUT2D eigenvalue weighted by Crippen LogP contribution is -2.38. The number of nitrogens with one attached hydrogen (secondary N) is 2. The molecule has 1 atom stereocenters. The monoisotopic (exact) mass is 380 g/mol. The average Bonchev–Trinajstić information content (AvgIpc) is 2.78. The molecule has 0 radical (unpaired) electrons. The maximum atomic E-state index is 12.3. The Morgan fingerprint density at radius 3 is 2.38 bits per heavy atom. The Labute approximate surface area is 169 Å². The Morgan fingerprint density at radius 2 is 1.52 bits per heavy atom. The number of benzene rings is 4. The predicted octanol–water partition coefficient (Wildman–Crippen LogP) is 5.27. The highest BCUT2D eigenvalue weighted by Gasteiger charge is 2.23. The summed E-state index contributed by atoms with van der Waals surface area (Å²) in [6.07, 6.45) is -0.257. The Hall–Kier alpha value is -3.79. The zero-order valence-electron chi connectivity index (χ0n) is 15.8. The summed E-state index contributed by atoms with van der Waals surface area (Å²) in [5.74, 6) is 0.727. The molecule has 5 rings (SSSR count). The number of para-hydroxylation sites is 1. The first-order chi connectivity index (χ1) is 14.3. The van der Waals surface area contributed by atoms with Crippen molar-refractivity contribution in [3.63, 3.8) is 0 Å². The van der Waals surface area contributed by atoms with Gasteiger partial charge in [-0.1, -0.05) is 60.7 Å². The molecule has 29 heavy (non-hydrogen) atoms. The lowest BCUT2D eigenvalue weighted by atomic mass is 10.1. The Bertz CT molecular complexity index is 1180. The van der Waals surface area contributed by atoms with Gasteiger partial charge < -0.3 is 15.4 Å². The lowest BCUT2D eigenvalue weighted by molar-refractivity contribution is 0.0935. The van der Waals surface area contributed by atoms with Crippen LogP contribution in [0.4, 0.5) is 5.69 Å². The smallest absolute Gasteiger partial charge is 0.255 e. The molecule has 0 saturated carbocycles. The third-order valence-corrected chi connectivity index (χ3v) is 5.18. The SMILES string of the molecule is O=C1N[C@@H](c2ccc(OCc3ccc4ccccc4c3)cc2)Nc2ccccc21. The van der Waals surface area contributed by atoms with Crippen molar-refractivity contribution < 1.29 is 9.53 Å². The fourth-order valence-electron chi connectivity index (χ4n) is 3.63. The third kappa shape index (κ3) is 3.52. The molecule has 0 spiro atoms. The topological polar surface area (TPSA) is 50.4 Å². The van der Waals surface area contributed by atoms with Crippen molar-refractivity contribution in [1.82, 2.24) is 5.32 Å². The van der Waals surface area contributed by atoms with E-state index in [9.17, 15) is 4.79 Å². The van der Waals surface area contributed by atoms with E-state index in [1.54, 1.807) is 0 Å². The van der Waals surface area contributed by atoms with Gasteiger partial charge in [0.2, 0.25) is 0 Å². The van der Waals surface area contributed by atoms with E-state index in [-0.39, 0.29) is 12.1 Å². The molecular weight excluding hydrogens is 360 g/mol. The number of hydrogen-bond donors (Lipinski definition) is 2. The van der Waals surface area contributed by atoms with Crippen LogP contribution < -0.4 is 15.4 Å². The van der Waals surface area contributed by atoms with Gasteiger partial charge in [-0.15, -0.1) is 0 Å². The van der Waals surface area contributed by atoms with Crippen molar-refractivity contribution in [3.05, 3.63) is 108 Å². The number of carbonyl (C=O) groups is 1. The van der Waals surface area contributed by atoms with Crippen LogP contribution in [0.2, 0.25) is 0 Å². The van der Waals surface area contributed by atoms with E-state index in [0.717, 1.165) is 22.6 Å². The molecule has 2 N–H and O–H groups in total. The molecule has 1 heterocycles. The molecule has 0 unspecified atom stereocenters. The number of carbonyl (C=O) groups excluding carboxylic acids is 1. The van der Waals surface area contributed by atoms with Gasteiger partial charge in [0, 0.05) is 5.69 Å². The van der Waals surface area contributed by atoms with Crippen molar-refractivity contribution in [3.8, 4) is 5.75 Å². The van der Waals surface area contributed by atoms with Crippen molar-refractivity contribution in [2.24, 2.45) is 0 Å². The molecule has 0 fully saturated rings. The van der Waals surface area contributed by atoms with E-state index in [4.69, 9.17) is 4.74 Å². The Balaban J connectivity index is 1.27. The maximum absolute atomic E-state index is 12.3. The number of fused-ring (bicyclic) bond motifs is 2. The van der Waals surface area contributed by atoms with Crippen molar-refractivity contribution in [2.75, 3.05) is 5.32 Å². The van der Waals surface area contributed by atoms with E-state index in [1.165, 1.54) is 10.8 Å². The maximum Gasteiger partial charge on any atom is 0.255 e. The highest BCUT2D eigenvalue weighted by atomic mass is 16.5. The number of ether oxygens (including phenoxy) is 1. The number of anilines is 1. The predicted molar refractivity (Wildman–Crippen MR) is 115 cm³/mol. The van der Waals surface area contributed by atoms with Crippen LogP contribution in [0.5, 0.6) is 5.75 Å². The fraction of sp³-hybridized carbons (Fsp3) is 0.0800. The van der Waals surface area contributed by atoms with Gasteiger partial charge in [-0.05, 0) is 52.2 Å².